The van der Waals surface area contributed by atoms with Crippen LogP contribution in [0.1, 0.15) is 10.4 Å². The number of benzene rings is 2. The second-order valence-corrected chi connectivity index (χ2v) is 9.31. The fourth-order valence-corrected chi connectivity index (χ4v) is 4.30. The van der Waals surface area contributed by atoms with E-state index in [1.807, 2.05) is 34.9 Å². The Balaban J connectivity index is 1.54. The standard InChI is InChI=1S/C21H18N4O4S2/c1-31(27,28)24-16-11-9-15(10-12-16)18(26)14-30-21-23-22-20(19-8-5-13-29-19)25(21)17-6-3-2-4-7-17/h2-13,24H,14H2,1H3. The quantitative estimate of drug-likeness (QED) is 0.318. The second kappa shape index (κ2) is 8.78. The van der Waals surface area contributed by atoms with E-state index in [2.05, 4.69) is 14.9 Å². The van der Waals surface area contributed by atoms with Crippen LogP contribution in [0.15, 0.2) is 82.6 Å². The maximum Gasteiger partial charge on any atom is 0.229 e. The maximum absolute atomic E-state index is 12.7. The Morgan fingerprint density at radius 1 is 1.03 bits per heavy atom. The predicted octanol–water partition coefficient (Wildman–Crippen LogP) is 3.87. The number of sulfonamides is 1. The molecule has 0 spiro atoms. The first-order chi connectivity index (χ1) is 14.9. The van der Waals surface area contributed by atoms with Gasteiger partial charge in [-0.3, -0.25) is 14.1 Å². The number of anilines is 1. The predicted molar refractivity (Wildman–Crippen MR) is 119 cm³/mol. The van der Waals surface area contributed by atoms with Crippen LogP contribution in [-0.4, -0.2) is 41.0 Å². The van der Waals surface area contributed by atoms with Crippen molar-refractivity contribution in [3.05, 3.63) is 78.6 Å². The molecule has 0 atom stereocenters. The van der Waals surface area contributed by atoms with Gasteiger partial charge in [-0.15, -0.1) is 10.2 Å². The van der Waals surface area contributed by atoms with E-state index in [9.17, 15) is 13.2 Å². The van der Waals surface area contributed by atoms with Crippen molar-refractivity contribution in [2.75, 3.05) is 16.7 Å². The fourth-order valence-electron chi connectivity index (χ4n) is 2.89. The Labute approximate surface area is 183 Å². The Kier molecular flexibility index (Phi) is 5.92. The summed E-state index contributed by atoms with van der Waals surface area (Å²) in [5.41, 5.74) is 1.73. The number of Topliss-reactive ketones (excluding diaryl/α,β-unsaturated/α-hetero) is 1. The third-order valence-electron chi connectivity index (χ3n) is 4.23. The first-order valence-electron chi connectivity index (χ1n) is 9.19. The summed E-state index contributed by atoms with van der Waals surface area (Å²) in [6.07, 6.45) is 2.64. The molecular formula is C21H18N4O4S2. The van der Waals surface area contributed by atoms with Crippen LogP contribution >= 0.6 is 11.8 Å². The van der Waals surface area contributed by atoms with Crippen LogP contribution in [0.3, 0.4) is 0 Å². The zero-order chi connectivity index (χ0) is 21.8. The number of thioether (sulfide) groups is 1. The minimum Gasteiger partial charge on any atom is -0.461 e. The molecule has 0 bridgehead atoms. The average molecular weight is 455 g/mol. The van der Waals surface area contributed by atoms with Gasteiger partial charge in [-0.05, 0) is 48.5 Å². The summed E-state index contributed by atoms with van der Waals surface area (Å²) in [5.74, 6) is 1.14. The van der Waals surface area contributed by atoms with Crippen molar-refractivity contribution in [3.63, 3.8) is 0 Å². The summed E-state index contributed by atoms with van der Waals surface area (Å²) in [4.78, 5) is 12.7. The largest absolute Gasteiger partial charge is 0.461 e. The molecule has 8 nitrogen and oxygen atoms in total. The lowest BCUT2D eigenvalue weighted by molar-refractivity contribution is 0.102. The summed E-state index contributed by atoms with van der Waals surface area (Å²) in [6.45, 7) is 0. The van der Waals surface area contributed by atoms with Crippen molar-refractivity contribution < 1.29 is 17.6 Å². The molecule has 1 N–H and O–H groups in total. The number of ketones is 1. The number of carbonyl (C=O) groups excluding carboxylic acids is 1. The van der Waals surface area contributed by atoms with Gasteiger partial charge in [0, 0.05) is 16.9 Å². The molecule has 4 aromatic rings. The molecule has 0 radical (unpaired) electrons. The normalized spacial score (nSPS) is 11.4. The van der Waals surface area contributed by atoms with Gasteiger partial charge in [-0.2, -0.15) is 0 Å². The number of nitrogens with zero attached hydrogens (tertiary/aromatic N) is 3. The molecule has 2 heterocycles. The molecule has 2 aromatic heterocycles. The highest BCUT2D eigenvalue weighted by molar-refractivity contribution is 7.99. The average Bonchev–Trinajstić information content (AvgIpc) is 3.41. The summed E-state index contributed by atoms with van der Waals surface area (Å²) >= 11 is 1.26. The van der Waals surface area contributed by atoms with E-state index in [1.165, 1.54) is 11.8 Å². The summed E-state index contributed by atoms with van der Waals surface area (Å²) in [7, 11) is -3.37. The van der Waals surface area contributed by atoms with Crippen LogP contribution in [0.25, 0.3) is 17.3 Å². The van der Waals surface area contributed by atoms with E-state index < -0.39 is 10.0 Å². The van der Waals surface area contributed by atoms with E-state index in [-0.39, 0.29) is 11.5 Å². The second-order valence-electron chi connectivity index (χ2n) is 6.62. The molecule has 2 aromatic carbocycles. The van der Waals surface area contributed by atoms with Crippen LogP contribution in [-0.2, 0) is 10.0 Å². The summed E-state index contributed by atoms with van der Waals surface area (Å²) in [5, 5.41) is 9.07. The fraction of sp³-hybridized carbons (Fsp3) is 0.0952. The molecule has 4 rings (SSSR count). The highest BCUT2D eigenvalue weighted by atomic mass is 32.2. The molecule has 0 unspecified atom stereocenters. The number of nitrogens with one attached hydrogen (secondary N) is 1. The van der Waals surface area contributed by atoms with Crippen molar-refractivity contribution in [1.82, 2.24) is 14.8 Å². The van der Waals surface area contributed by atoms with Gasteiger partial charge in [0.2, 0.25) is 15.8 Å². The van der Waals surface area contributed by atoms with Crippen LogP contribution in [0.5, 0.6) is 0 Å². The minimum atomic E-state index is -3.37. The van der Waals surface area contributed by atoms with Crippen LogP contribution in [0.4, 0.5) is 5.69 Å². The van der Waals surface area contributed by atoms with Gasteiger partial charge in [-0.25, -0.2) is 8.42 Å². The maximum atomic E-state index is 12.7. The van der Waals surface area contributed by atoms with E-state index >= 15 is 0 Å². The minimum absolute atomic E-state index is 0.113. The summed E-state index contributed by atoms with van der Waals surface area (Å²) < 4.78 is 32.3. The topological polar surface area (TPSA) is 107 Å². The number of carbonyl (C=O) groups is 1. The number of hydrogen-bond acceptors (Lipinski definition) is 7. The molecule has 0 saturated heterocycles. The zero-order valence-electron chi connectivity index (χ0n) is 16.4. The van der Waals surface area contributed by atoms with Crippen molar-refractivity contribution in [2.45, 2.75) is 5.16 Å². The number of aromatic nitrogens is 3. The molecule has 0 aliphatic heterocycles. The van der Waals surface area contributed by atoms with E-state index in [4.69, 9.17) is 4.42 Å². The number of furan rings is 1. The SMILES string of the molecule is CS(=O)(=O)Nc1ccc(C(=O)CSc2nnc(-c3ccco3)n2-c2ccccc2)cc1. The van der Waals surface area contributed by atoms with Crippen molar-refractivity contribution in [3.8, 4) is 17.3 Å². The highest BCUT2D eigenvalue weighted by Gasteiger charge is 2.19. The third-order valence-corrected chi connectivity index (χ3v) is 5.77. The van der Waals surface area contributed by atoms with Crippen molar-refractivity contribution in [1.29, 1.82) is 0 Å². The molecular weight excluding hydrogens is 436 g/mol. The molecule has 31 heavy (non-hydrogen) atoms. The molecule has 0 amide bonds. The lowest BCUT2D eigenvalue weighted by atomic mass is 10.1. The van der Waals surface area contributed by atoms with Gasteiger partial charge >= 0.3 is 0 Å². The molecule has 0 aliphatic carbocycles. The Bertz CT molecular complexity index is 1280. The number of hydrogen-bond donors (Lipinski definition) is 1. The summed E-state index contributed by atoms with van der Waals surface area (Å²) in [6, 6.07) is 19.5. The van der Waals surface area contributed by atoms with Gasteiger partial charge in [0.1, 0.15) is 0 Å². The zero-order valence-corrected chi connectivity index (χ0v) is 18.1. The molecule has 0 fully saturated rings. The highest BCUT2D eigenvalue weighted by Crippen LogP contribution is 2.28. The van der Waals surface area contributed by atoms with E-state index in [0.29, 0.717) is 28.0 Å². The Morgan fingerprint density at radius 3 is 2.42 bits per heavy atom. The lowest BCUT2D eigenvalue weighted by Crippen LogP contribution is -2.10. The molecule has 0 saturated carbocycles. The van der Waals surface area contributed by atoms with Gasteiger partial charge in [0.05, 0.1) is 18.3 Å². The van der Waals surface area contributed by atoms with Crippen LogP contribution in [0.2, 0.25) is 0 Å². The van der Waals surface area contributed by atoms with E-state index in [1.54, 1.807) is 42.7 Å². The number of para-hydroxylation sites is 1. The van der Waals surface area contributed by atoms with Crippen molar-refractivity contribution >= 4 is 33.3 Å². The molecule has 0 aliphatic rings. The number of rotatable bonds is 8. The van der Waals surface area contributed by atoms with Crippen molar-refractivity contribution in [2.24, 2.45) is 0 Å². The molecule has 158 valence electrons. The Hall–Kier alpha value is -3.37. The van der Waals surface area contributed by atoms with E-state index in [0.717, 1.165) is 11.9 Å². The van der Waals surface area contributed by atoms with Gasteiger partial charge in [-0.1, -0.05) is 30.0 Å². The van der Waals surface area contributed by atoms with Crippen LogP contribution in [0, 0.1) is 0 Å². The van der Waals surface area contributed by atoms with Gasteiger partial charge in [0.25, 0.3) is 0 Å². The lowest BCUT2D eigenvalue weighted by Gasteiger charge is -2.09. The van der Waals surface area contributed by atoms with Gasteiger partial charge in [0.15, 0.2) is 16.7 Å². The smallest absolute Gasteiger partial charge is 0.229 e. The monoisotopic (exact) mass is 454 g/mol. The first kappa shape index (κ1) is 20.9. The first-order valence-corrected chi connectivity index (χ1v) is 12.1. The van der Waals surface area contributed by atoms with Gasteiger partial charge < -0.3 is 4.42 Å². The molecule has 10 heteroatoms. The Morgan fingerprint density at radius 2 is 1.77 bits per heavy atom. The third kappa shape index (κ3) is 5.04. The van der Waals surface area contributed by atoms with Crippen LogP contribution < -0.4 is 4.72 Å².